The van der Waals surface area contributed by atoms with Gasteiger partial charge in [-0.25, -0.2) is 0 Å². The van der Waals surface area contributed by atoms with Gasteiger partial charge in [0.1, 0.15) is 0 Å². The van der Waals surface area contributed by atoms with Crippen LogP contribution in [0.2, 0.25) is 0 Å². The maximum atomic E-state index is 3.80. The summed E-state index contributed by atoms with van der Waals surface area (Å²) in [5, 5.41) is 3.59. The number of nitrogens with one attached hydrogen (secondary N) is 1. The largest absolute Gasteiger partial charge is 0.368 e. The van der Waals surface area contributed by atoms with Crippen molar-refractivity contribution in [3.8, 4) is 0 Å². The van der Waals surface area contributed by atoms with E-state index in [1.54, 1.807) is 0 Å². The Morgan fingerprint density at radius 3 is 2.57 bits per heavy atom. The van der Waals surface area contributed by atoms with E-state index in [0.717, 1.165) is 24.5 Å². The average molecular weight is 351 g/mol. The van der Waals surface area contributed by atoms with Crippen LogP contribution in [-0.4, -0.2) is 18.6 Å². The van der Waals surface area contributed by atoms with E-state index in [0.29, 0.717) is 0 Å². The second-order valence-electron chi connectivity index (χ2n) is 7.05. The lowest BCUT2D eigenvalue weighted by Gasteiger charge is -2.27. The first kappa shape index (κ1) is 15.4. The maximum Gasteiger partial charge on any atom is 0.0513 e. The third-order valence-corrected chi connectivity index (χ3v) is 5.06. The summed E-state index contributed by atoms with van der Waals surface area (Å²) in [4.78, 5) is 2.61. The zero-order valence-electron chi connectivity index (χ0n) is 13.2. The van der Waals surface area contributed by atoms with Crippen molar-refractivity contribution in [1.82, 2.24) is 5.32 Å². The molecule has 2 fully saturated rings. The zero-order valence-corrected chi connectivity index (χ0v) is 14.8. The van der Waals surface area contributed by atoms with Crippen LogP contribution in [0.1, 0.15) is 51.5 Å². The molecule has 21 heavy (non-hydrogen) atoms. The minimum Gasteiger partial charge on any atom is -0.368 e. The monoisotopic (exact) mass is 350 g/mol. The Kier molecular flexibility index (Phi) is 4.90. The van der Waals surface area contributed by atoms with Crippen molar-refractivity contribution < 1.29 is 0 Å². The van der Waals surface area contributed by atoms with Crippen molar-refractivity contribution in [3.63, 3.8) is 0 Å². The van der Waals surface area contributed by atoms with E-state index < -0.39 is 0 Å². The first-order valence-electron chi connectivity index (χ1n) is 8.42. The van der Waals surface area contributed by atoms with Crippen LogP contribution in [0.3, 0.4) is 0 Å². The Bertz CT molecular complexity index is 478. The number of hydrogen-bond donors (Lipinski definition) is 1. The second kappa shape index (κ2) is 6.70. The molecule has 2 aliphatic rings. The summed E-state index contributed by atoms with van der Waals surface area (Å²) in [5.41, 5.74) is 2.77. The lowest BCUT2D eigenvalue weighted by atomic mass is 10.1. The lowest BCUT2D eigenvalue weighted by molar-refractivity contribution is 0.570. The summed E-state index contributed by atoms with van der Waals surface area (Å²) < 4.78 is 1.26. The molecule has 0 radical (unpaired) electrons. The van der Waals surface area contributed by atoms with Gasteiger partial charge in [-0.15, -0.1) is 0 Å². The Balaban J connectivity index is 1.66. The first-order chi connectivity index (χ1) is 10.1. The first-order valence-corrected chi connectivity index (χ1v) is 9.21. The zero-order chi connectivity index (χ0) is 14.8. The fourth-order valence-electron chi connectivity index (χ4n) is 2.73. The van der Waals surface area contributed by atoms with Crippen molar-refractivity contribution in [3.05, 3.63) is 28.2 Å². The number of anilines is 1. The average Bonchev–Trinajstić information content (AvgIpc) is 3.32. The van der Waals surface area contributed by atoms with Gasteiger partial charge in [-0.2, -0.15) is 0 Å². The van der Waals surface area contributed by atoms with Gasteiger partial charge in [0.25, 0.3) is 0 Å². The Morgan fingerprint density at radius 2 is 2.00 bits per heavy atom. The summed E-state index contributed by atoms with van der Waals surface area (Å²) in [6, 6.07) is 8.45. The van der Waals surface area contributed by atoms with E-state index in [9.17, 15) is 0 Å². The molecule has 1 aromatic rings. The van der Waals surface area contributed by atoms with Gasteiger partial charge < -0.3 is 10.2 Å². The summed E-state index contributed by atoms with van der Waals surface area (Å²) >= 11 is 3.80. The molecule has 2 nitrogen and oxygen atoms in total. The molecule has 116 valence electrons. The van der Waals surface area contributed by atoms with Crippen molar-refractivity contribution >= 4 is 21.6 Å². The van der Waals surface area contributed by atoms with E-state index in [4.69, 9.17) is 0 Å². The van der Waals surface area contributed by atoms with Gasteiger partial charge in [-0.3, -0.25) is 0 Å². The predicted molar refractivity (Wildman–Crippen MR) is 93.8 cm³/mol. The molecular formula is C18H27BrN2. The highest BCUT2D eigenvalue weighted by Crippen LogP contribution is 2.36. The summed E-state index contributed by atoms with van der Waals surface area (Å²) in [6.45, 7) is 6.80. The van der Waals surface area contributed by atoms with Crippen LogP contribution < -0.4 is 10.2 Å². The van der Waals surface area contributed by atoms with E-state index in [1.807, 2.05) is 0 Å². The van der Waals surface area contributed by atoms with E-state index >= 15 is 0 Å². The third-order valence-electron chi connectivity index (χ3n) is 4.43. The van der Waals surface area contributed by atoms with Crippen molar-refractivity contribution in [2.45, 2.75) is 64.6 Å². The van der Waals surface area contributed by atoms with Gasteiger partial charge in [0.2, 0.25) is 0 Å². The number of rotatable bonds is 8. The summed E-state index contributed by atoms with van der Waals surface area (Å²) in [7, 11) is 0. The molecule has 0 aliphatic heterocycles. The fourth-order valence-corrected chi connectivity index (χ4v) is 3.38. The van der Waals surface area contributed by atoms with Gasteiger partial charge in [0.05, 0.1) is 5.69 Å². The number of nitrogens with zero attached hydrogens (tertiary/aromatic N) is 1. The molecule has 0 unspecified atom stereocenters. The quantitative estimate of drug-likeness (QED) is 0.729. The normalized spacial score (nSPS) is 18.3. The molecule has 0 atom stereocenters. The Hall–Kier alpha value is -0.540. The maximum absolute atomic E-state index is 3.80. The van der Waals surface area contributed by atoms with Crippen LogP contribution in [0.15, 0.2) is 22.7 Å². The molecule has 1 N–H and O–H groups in total. The molecule has 0 aromatic heterocycles. The second-order valence-corrected chi connectivity index (χ2v) is 7.90. The van der Waals surface area contributed by atoms with Gasteiger partial charge >= 0.3 is 0 Å². The molecule has 0 bridgehead atoms. The molecule has 1 aromatic carbocycles. The van der Waals surface area contributed by atoms with Crippen LogP contribution in [-0.2, 0) is 6.54 Å². The summed E-state index contributed by atoms with van der Waals surface area (Å²) in [6.07, 6.45) is 6.69. The van der Waals surface area contributed by atoms with Crippen LogP contribution in [0.4, 0.5) is 5.69 Å². The van der Waals surface area contributed by atoms with Crippen LogP contribution in [0.25, 0.3) is 0 Å². The molecule has 0 amide bonds. The molecule has 2 saturated carbocycles. The Morgan fingerprint density at radius 1 is 1.24 bits per heavy atom. The molecule has 3 rings (SSSR count). The molecule has 0 saturated heterocycles. The number of hydrogen-bond acceptors (Lipinski definition) is 2. The van der Waals surface area contributed by atoms with Gasteiger partial charge in [0.15, 0.2) is 0 Å². The predicted octanol–water partition coefficient (Wildman–Crippen LogP) is 4.72. The van der Waals surface area contributed by atoms with E-state index in [2.05, 4.69) is 58.2 Å². The van der Waals surface area contributed by atoms with Gasteiger partial charge in [-0.05, 0) is 71.6 Å². The minimum atomic E-state index is 0.770. The standard InChI is InChI=1S/C18H27BrN2/c1-13(2)9-10-21(16-6-7-16)18-8-3-14(11-17(18)19)12-20-15-4-5-15/h3,8,11,13,15-16,20H,4-7,9-10,12H2,1-2H3. The SMILES string of the molecule is CC(C)CCN(c1ccc(CNC2CC2)cc1Br)C1CC1. The van der Waals surface area contributed by atoms with Gasteiger partial charge in [0, 0.05) is 29.6 Å². The van der Waals surface area contributed by atoms with Crippen molar-refractivity contribution in [2.75, 3.05) is 11.4 Å². The van der Waals surface area contributed by atoms with E-state index in [1.165, 1.54) is 54.4 Å². The molecule has 0 heterocycles. The topological polar surface area (TPSA) is 15.3 Å². The highest BCUT2D eigenvalue weighted by molar-refractivity contribution is 9.10. The van der Waals surface area contributed by atoms with Crippen molar-refractivity contribution in [1.29, 1.82) is 0 Å². The number of halogens is 1. The molecule has 2 aliphatic carbocycles. The van der Waals surface area contributed by atoms with Crippen LogP contribution in [0.5, 0.6) is 0 Å². The van der Waals surface area contributed by atoms with Crippen LogP contribution in [0, 0.1) is 5.92 Å². The van der Waals surface area contributed by atoms with Crippen molar-refractivity contribution in [2.24, 2.45) is 5.92 Å². The number of benzene rings is 1. The Labute approximate surface area is 137 Å². The molecular weight excluding hydrogens is 324 g/mol. The lowest BCUT2D eigenvalue weighted by Crippen LogP contribution is -2.28. The molecule has 3 heteroatoms. The summed E-state index contributed by atoms with van der Waals surface area (Å²) in [5.74, 6) is 0.770. The fraction of sp³-hybridized carbons (Fsp3) is 0.667. The smallest absolute Gasteiger partial charge is 0.0513 e. The highest BCUT2D eigenvalue weighted by atomic mass is 79.9. The van der Waals surface area contributed by atoms with E-state index in [-0.39, 0.29) is 0 Å². The minimum absolute atomic E-state index is 0.770. The van der Waals surface area contributed by atoms with Gasteiger partial charge in [-0.1, -0.05) is 19.9 Å². The van der Waals surface area contributed by atoms with Crippen LogP contribution >= 0.6 is 15.9 Å². The third kappa shape index (κ3) is 4.46. The molecule has 0 spiro atoms. The highest BCUT2D eigenvalue weighted by Gasteiger charge is 2.30.